The number of rotatable bonds is 5. The summed E-state index contributed by atoms with van der Waals surface area (Å²) in [5, 5.41) is 0. The molecule has 3 aromatic carbocycles. The molecule has 3 nitrogen and oxygen atoms in total. The third-order valence-electron chi connectivity index (χ3n) is 3.85. The standard InChI is InChI=1S/C22H21NO2/c1-17(2)23(19-9-5-3-6-10-19)22(24)18-13-15-21(16-14-18)25-20-11-7-4-8-12-20/h3-17H,1-2H3. The van der Waals surface area contributed by atoms with Gasteiger partial charge in [0.15, 0.2) is 0 Å². The first-order chi connectivity index (χ1) is 12.1. The second kappa shape index (κ2) is 7.67. The fourth-order valence-electron chi connectivity index (χ4n) is 2.67. The number of amides is 1. The Morgan fingerprint density at radius 3 is 1.84 bits per heavy atom. The Morgan fingerprint density at radius 2 is 1.28 bits per heavy atom. The number of carbonyl (C=O) groups excluding carboxylic acids is 1. The number of anilines is 1. The molecule has 0 atom stereocenters. The molecule has 0 saturated heterocycles. The van der Waals surface area contributed by atoms with Crippen molar-refractivity contribution in [2.24, 2.45) is 0 Å². The maximum atomic E-state index is 12.9. The number of ether oxygens (including phenoxy) is 1. The highest BCUT2D eigenvalue weighted by Gasteiger charge is 2.20. The molecule has 0 aromatic heterocycles. The van der Waals surface area contributed by atoms with Crippen LogP contribution in [0.3, 0.4) is 0 Å². The Balaban J connectivity index is 1.79. The molecule has 0 N–H and O–H groups in total. The highest BCUT2D eigenvalue weighted by molar-refractivity contribution is 6.06. The number of hydrogen-bond acceptors (Lipinski definition) is 2. The predicted molar refractivity (Wildman–Crippen MR) is 101 cm³/mol. The molecule has 126 valence electrons. The van der Waals surface area contributed by atoms with Gasteiger partial charge in [0.2, 0.25) is 0 Å². The molecule has 0 spiro atoms. The largest absolute Gasteiger partial charge is 0.457 e. The van der Waals surface area contributed by atoms with Crippen molar-refractivity contribution in [3.8, 4) is 11.5 Å². The van der Waals surface area contributed by atoms with Crippen LogP contribution in [0, 0.1) is 0 Å². The summed E-state index contributed by atoms with van der Waals surface area (Å²) in [7, 11) is 0. The molecule has 0 bridgehead atoms. The van der Waals surface area contributed by atoms with Gasteiger partial charge in [-0.15, -0.1) is 0 Å². The summed E-state index contributed by atoms with van der Waals surface area (Å²) in [6, 6.07) is 26.6. The first kappa shape index (κ1) is 16.8. The molecule has 0 unspecified atom stereocenters. The van der Waals surface area contributed by atoms with Crippen LogP contribution in [0.5, 0.6) is 11.5 Å². The normalized spacial score (nSPS) is 10.5. The third kappa shape index (κ3) is 4.07. The molecule has 3 heteroatoms. The van der Waals surface area contributed by atoms with E-state index in [2.05, 4.69) is 0 Å². The van der Waals surface area contributed by atoms with E-state index in [0.29, 0.717) is 11.3 Å². The first-order valence-electron chi connectivity index (χ1n) is 8.37. The predicted octanol–water partition coefficient (Wildman–Crippen LogP) is 5.53. The van der Waals surface area contributed by atoms with Gasteiger partial charge in [-0.25, -0.2) is 0 Å². The molecule has 0 aliphatic rings. The van der Waals surface area contributed by atoms with Gasteiger partial charge >= 0.3 is 0 Å². The lowest BCUT2D eigenvalue weighted by Gasteiger charge is -2.27. The Labute approximate surface area is 148 Å². The van der Waals surface area contributed by atoms with Crippen molar-refractivity contribution in [3.63, 3.8) is 0 Å². The molecular weight excluding hydrogens is 310 g/mol. The minimum Gasteiger partial charge on any atom is -0.457 e. The van der Waals surface area contributed by atoms with Gasteiger partial charge < -0.3 is 9.64 Å². The van der Waals surface area contributed by atoms with E-state index >= 15 is 0 Å². The fraction of sp³-hybridized carbons (Fsp3) is 0.136. The SMILES string of the molecule is CC(C)N(C(=O)c1ccc(Oc2ccccc2)cc1)c1ccccc1. The van der Waals surface area contributed by atoms with Crippen molar-refractivity contribution < 1.29 is 9.53 Å². The van der Waals surface area contributed by atoms with Gasteiger partial charge in [-0.05, 0) is 62.4 Å². The highest BCUT2D eigenvalue weighted by atomic mass is 16.5. The van der Waals surface area contributed by atoms with Crippen molar-refractivity contribution in [1.29, 1.82) is 0 Å². The number of benzene rings is 3. The van der Waals surface area contributed by atoms with E-state index in [0.717, 1.165) is 11.4 Å². The summed E-state index contributed by atoms with van der Waals surface area (Å²) in [6.07, 6.45) is 0. The molecule has 0 heterocycles. The van der Waals surface area contributed by atoms with Gasteiger partial charge in [0.1, 0.15) is 11.5 Å². The molecule has 0 saturated carbocycles. The average Bonchev–Trinajstić information content (AvgIpc) is 2.64. The van der Waals surface area contributed by atoms with Crippen LogP contribution >= 0.6 is 0 Å². The second-order valence-corrected chi connectivity index (χ2v) is 6.04. The maximum Gasteiger partial charge on any atom is 0.258 e. The summed E-state index contributed by atoms with van der Waals surface area (Å²) >= 11 is 0. The van der Waals surface area contributed by atoms with Gasteiger partial charge in [-0.3, -0.25) is 4.79 Å². The second-order valence-electron chi connectivity index (χ2n) is 6.04. The van der Waals surface area contributed by atoms with Crippen LogP contribution in [-0.2, 0) is 0 Å². The molecule has 0 aliphatic heterocycles. The summed E-state index contributed by atoms with van der Waals surface area (Å²) in [5.74, 6) is 1.46. The van der Waals surface area contributed by atoms with Crippen molar-refractivity contribution in [1.82, 2.24) is 0 Å². The number of carbonyl (C=O) groups is 1. The smallest absolute Gasteiger partial charge is 0.258 e. The zero-order valence-corrected chi connectivity index (χ0v) is 14.4. The van der Waals surface area contributed by atoms with E-state index in [4.69, 9.17) is 4.74 Å². The number of para-hydroxylation sites is 2. The van der Waals surface area contributed by atoms with Crippen molar-refractivity contribution in [2.75, 3.05) is 4.90 Å². The van der Waals surface area contributed by atoms with Crippen molar-refractivity contribution >= 4 is 11.6 Å². The van der Waals surface area contributed by atoms with Gasteiger partial charge in [0.25, 0.3) is 5.91 Å². The highest BCUT2D eigenvalue weighted by Crippen LogP contribution is 2.24. The Kier molecular flexibility index (Phi) is 5.14. The maximum absolute atomic E-state index is 12.9. The molecule has 0 aliphatic carbocycles. The van der Waals surface area contributed by atoms with Gasteiger partial charge in [0.05, 0.1) is 0 Å². The van der Waals surface area contributed by atoms with Gasteiger partial charge in [-0.1, -0.05) is 36.4 Å². The van der Waals surface area contributed by atoms with Crippen LogP contribution in [-0.4, -0.2) is 11.9 Å². The van der Waals surface area contributed by atoms with Crippen LogP contribution in [0.15, 0.2) is 84.9 Å². The molecule has 1 amide bonds. The molecule has 3 aromatic rings. The topological polar surface area (TPSA) is 29.5 Å². The number of nitrogens with zero attached hydrogens (tertiary/aromatic N) is 1. The minimum absolute atomic E-state index is 0.0209. The van der Waals surface area contributed by atoms with E-state index in [-0.39, 0.29) is 11.9 Å². The molecule has 0 fully saturated rings. The van der Waals surface area contributed by atoms with Crippen LogP contribution < -0.4 is 9.64 Å². The van der Waals surface area contributed by atoms with Crippen LogP contribution in [0.2, 0.25) is 0 Å². The lowest BCUT2D eigenvalue weighted by molar-refractivity contribution is 0.0980. The molecular formula is C22H21NO2. The summed E-state index contributed by atoms with van der Waals surface area (Å²) in [4.78, 5) is 14.7. The summed E-state index contributed by atoms with van der Waals surface area (Å²) in [6.45, 7) is 4.02. The monoisotopic (exact) mass is 331 g/mol. The minimum atomic E-state index is -0.0209. The van der Waals surface area contributed by atoms with E-state index in [9.17, 15) is 4.79 Å². The first-order valence-corrected chi connectivity index (χ1v) is 8.37. The zero-order chi connectivity index (χ0) is 17.6. The van der Waals surface area contributed by atoms with Crippen molar-refractivity contribution in [2.45, 2.75) is 19.9 Å². The van der Waals surface area contributed by atoms with Gasteiger partial charge in [-0.2, -0.15) is 0 Å². The van der Waals surface area contributed by atoms with E-state index in [1.54, 1.807) is 17.0 Å². The zero-order valence-electron chi connectivity index (χ0n) is 14.4. The molecule has 25 heavy (non-hydrogen) atoms. The average molecular weight is 331 g/mol. The van der Waals surface area contributed by atoms with Crippen LogP contribution in [0.25, 0.3) is 0 Å². The van der Waals surface area contributed by atoms with Crippen molar-refractivity contribution in [3.05, 3.63) is 90.5 Å². The third-order valence-corrected chi connectivity index (χ3v) is 3.85. The lowest BCUT2D eigenvalue weighted by Crippen LogP contribution is -2.36. The van der Waals surface area contributed by atoms with Crippen LogP contribution in [0.1, 0.15) is 24.2 Å². The fourth-order valence-corrected chi connectivity index (χ4v) is 2.67. The quantitative estimate of drug-likeness (QED) is 0.615. The summed E-state index contributed by atoms with van der Waals surface area (Å²) < 4.78 is 5.78. The Hall–Kier alpha value is -3.07. The van der Waals surface area contributed by atoms with E-state index in [1.165, 1.54) is 0 Å². The summed E-state index contributed by atoms with van der Waals surface area (Å²) in [5.41, 5.74) is 1.53. The van der Waals surface area contributed by atoms with E-state index in [1.807, 2.05) is 86.6 Å². The van der Waals surface area contributed by atoms with Crippen LogP contribution in [0.4, 0.5) is 5.69 Å². The Bertz CT molecular complexity index is 812. The lowest BCUT2D eigenvalue weighted by atomic mass is 10.1. The Morgan fingerprint density at radius 1 is 0.760 bits per heavy atom. The van der Waals surface area contributed by atoms with E-state index < -0.39 is 0 Å². The molecule has 3 rings (SSSR count). The number of hydrogen-bond donors (Lipinski definition) is 0. The van der Waals surface area contributed by atoms with Gasteiger partial charge in [0, 0.05) is 17.3 Å². The molecule has 0 radical (unpaired) electrons.